The minimum absolute atomic E-state index is 0.0288. The van der Waals surface area contributed by atoms with Crippen molar-refractivity contribution in [3.63, 3.8) is 0 Å². The van der Waals surface area contributed by atoms with Gasteiger partial charge in [-0.25, -0.2) is 4.79 Å². The molecule has 2 fully saturated rings. The molecular formula is C25H36O4. The fourth-order valence-electron chi connectivity index (χ4n) is 6.00. The van der Waals surface area contributed by atoms with Gasteiger partial charge in [-0.15, -0.1) is 0 Å². The molecule has 0 unspecified atom stereocenters. The minimum Gasteiger partial charge on any atom is -0.472 e. The Morgan fingerprint density at radius 3 is 2.79 bits per heavy atom. The van der Waals surface area contributed by atoms with E-state index in [0.29, 0.717) is 11.5 Å². The van der Waals surface area contributed by atoms with Gasteiger partial charge < -0.3 is 14.3 Å². The Bertz CT molecular complexity index is 762. The number of aliphatic hydroxyl groups is 1. The molecule has 4 nitrogen and oxygen atoms in total. The first-order valence-electron chi connectivity index (χ1n) is 10.9. The van der Waals surface area contributed by atoms with Crippen LogP contribution in [0.5, 0.6) is 0 Å². The van der Waals surface area contributed by atoms with Crippen LogP contribution in [-0.4, -0.2) is 23.8 Å². The average molecular weight is 401 g/mol. The van der Waals surface area contributed by atoms with Crippen LogP contribution >= 0.6 is 0 Å². The Kier molecular flexibility index (Phi) is 6.42. The van der Waals surface area contributed by atoms with Crippen molar-refractivity contribution in [3.05, 3.63) is 48.0 Å². The number of hydrogen-bond acceptors (Lipinski definition) is 4. The summed E-state index contributed by atoms with van der Waals surface area (Å²) in [5.41, 5.74) is 2.78. The minimum atomic E-state index is -0.439. The molecule has 0 amide bonds. The van der Waals surface area contributed by atoms with Gasteiger partial charge in [-0.05, 0) is 81.3 Å². The monoisotopic (exact) mass is 400 g/mol. The molecule has 1 aromatic rings. The van der Waals surface area contributed by atoms with Gasteiger partial charge in [0.1, 0.15) is 6.10 Å². The molecule has 29 heavy (non-hydrogen) atoms. The average Bonchev–Trinajstić information content (AvgIpc) is 3.22. The Balaban J connectivity index is 1.84. The summed E-state index contributed by atoms with van der Waals surface area (Å²) >= 11 is 0. The van der Waals surface area contributed by atoms with Gasteiger partial charge >= 0.3 is 5.97 Å². The molecular weight excluding hydrogens is 364 g/mol. The van der Waals surface area contributed by atoms with Crippen molar-refractivity contribution < 1.29 is 19.1 Å². The number of allylic oxidation sites excluding steroid dienone is 2. The van der Waals surface area contributed by atoms with Crippen LogP contribution in [0.2, 0.25) is 0 Å². The van der Waals surface area contributed by atoms with Crippen LogP contribution in [0, 0.1) is 22.7 Å². The lowest BCUT2D eigenvalue weighted by molar-refractivity contribution is -0.184. The van der Waals surface area contributed by atoms with Crippen molar-refractivity contribution in [3.8, 4) is 0 Å². The van der Waals surface area contributed by atoms with Crippen LogP contribution < -0.4 is 0 Å². The SMILES string of the molecule is C=C1CC[C@H]2[C@@](C)(CC[C@@H](OC(=O)C(C)=CC)[C@]2(C)CO)[C@@H]1CCc1ccoc1. The maximum absolute atomic E-state index is 12.4. The van der Waals surface area contributed by atoms with E-state index < -0.39 is 5.41 Å². The third-order valence-electron chi connectivity index (χ3n) is 7.96. The van der Waals surface area contributed by atoms with Gasteiger partial charge in [0.2, 0.25) is 0 Å². The molecule has 2 saturated carbocycles. The van der Waals surface area contributed by atoms with Crippen molar-refractivity contribution in [2.75, 3.05) is 6.61 Å². The van der Waals surface area contributed by atoms with Gasteiger partial charge in [-0.1, -0.05) is 32.1 Å². The molecule has 2 aliphatic carbocycles. The van der Waals surface area contributed by atoms with Crippen LogP contribution in [0.1, 0.15) is 65.4 Å². The molecule has 3 rings (SSSR count). The number of carbonyl (C=O) groups excluding carboxylic acids is 1. The third-order valence-corrected chi connectivity index (χ3v) is 7.96. The van der Waals surface area contributed by atoms with E-state index in [4.69, 9.17) is 9.15 Å². The largest absolute Gasteiger partial charge is 0.472 e. The summed E-state index contributed by atoms with van der Waals surface area (Å²) in [5.74, 6) is 0.422. The fraction of sp³-hybridized carbons (Fsp3) is 0.640. The summed E-state index contributed by atoms with van der Waals surface area (Å²) in [5, 5.41) is 10.5. The van der Waals surface area contributed by atoms with Crippen molar-refractivity contribution in [2.24, 2.45) is 22.7 Å². The highest BCUT2D eigenvalue weighted by molar-refractivity contribution is 5.87. The van der Waals surface area contributed by atoms with E-state index in [1.807, 2.05) is 19.3 Å². The summed E-state index contributed by atoms with van der Waals surface area (Å²) in [6.45, 7) is 12.6. The first-order valence-corrected chi connectivity index (χ1v) is 10.9. The summed E-state index contributed by atoms with van der Waals surface area (Å²) in [4.78, 5) is 12.4. The maximum atomic E-state index is 12.4. The highest BCUT2D eigenvalue weighted by Crippen LogP contribution is 2.62. The molecule has 5 atom stereocenters. The number of aliphatic hydroxyl groups excluding tert-OH is 1. The molecule has 2 aliphatic rings. The number of rotatable bonds is 6. The Labute approximate surface area is 175 Å². The molecule has 160 valence electrons. The van der Waals surface area contributed by atoms with E-state index in [1.165, 1.54) is 11.1 Å². The quantitative estimate of drug-likeness (QED) is 0.391. The normalized spacial score (nSPS) is 35.3. The van der Waals surface area contributed by atoms with E-state index >= 15 is 0 Å². The summed E-state index contributed by atoms with van der Waals surface area (Å²) < 4.78 is 11.2. The fourth-order valence-corrected chi connectivity index (χ4v) is 6.00. The van der Waals surface area contributed by atoms with Gasteiger partial charge in [0, 0.05) is 11.0 Å². The highest BCUT2D eigenvalue weighted by Gasteiger charge is 2.58. The second-order valence-electron chi connectivity index (χ2n) is 9.55. The van der Waals surface area contributed by atoms with Crippen molar-refractivity contribution in [1.82, 2.24) is 0 Å². The van der Waals surface area contributed by atoms with Crippen molar-refractivity contribution >= 4 is 5.97 Å². The second kappa shape index (κ2) is 8.51. The predicted molar refractivity (Wildman–Crippen MR) is 114 cm³/mol. The summed E-state index contributed by atoms with van der Waals surface area (Å²) in [6, 6.07) is 2.03. The molecule has 4 heteroatoms. The number of aryl methyl sites for hydroxylation is 1. The topological polar surface area (TPSA) is 59.7 Å². The van der Waals surface area contributed by atoms with Crippen LogP contribution in [-0.2, 0) is 16.0 Å². The summed E-state index contributed by atoms with van der Waals surface area (Å²) in [6.07, 6.45) is 10.8. The molecule has 1 aromatic heterocycles. The number of esters is 1. The molecule has 1 N–H and O–H groups in total. The van der Waals surface area contributed by atoms with E-state index in [1.54, 1.807) is 19.3 Å². The number of fused-ring (bicyclic) bond motifs is 1. The highest BCUT2D eigenvalue weighted by atomic mass is 16.5. The molecule has 0 bridgehead atoms. The zero-order valence-corrected chi connectivity index (χ0v) is 18.4. The van der Waals surface area contributed by atoms with Crippen LogP contribution in [0.4, 0.5) is 0 Å². The summed E-state index contributed by atoms with van der Waals surface area (Å²) in [7, 11) is 0. The number of ether oxygens (including phenoxy) is 1. The third kappa shape index (κ3) is 3.96. The van der Waals surface area contributed by atoms with Crippen molar-refractivity contribution in [2.45, 2.75) is 72.3 Å². The number of carbonyl (C=O) groups is 1. The maximum Gasteiger partial charge on any atom is 0.333 e. The van der Waals surface area contributed by atoms with Gasteiger partial charge in [0.05, 0.1) is 19.1 Å². The molecule has 0 aliphatic heterocycles. The van der Waals surface area contributed by atoms with Gasteiger partial charge in [-0.2, -0.15) is 0 Å². The predicted octanol–water partition coefficient (Wildman–Crippen LogP) is 5.47. The molecule has 0 aromatic carbocycles. The smallest absolute Gasteiger partial charge is 0.333 e. The van der Waals surface area contributed by atoms with Crippen molar-refractivity contribution in [1.29, 1.82) is 0 Å². The molecule has 1 heterocycles. The van der Waals surface area contributed by atoms with Crippen LogP contribution in [0.25, 0.3) is 0 Å². The van der Waals surface area contributed by atoms with Crippen LogP contribution in [0.15, 0.2) is 46.8 Å². The van der Waals surface area contributed by atoms with E-state index in [0.717, 1.165) is 38.5 Å². The first-order chi connectivity index (χ1) is 13.8. The van der Waals surface area contributed by atoms with E-state index in [-0.39, 0.29) is 30.0 Å². The lowest BCUT2D eigenvalue weighted by Gasteiger charge is -2.60. The zero-order valence-electron chi connectivity index (χ0n) is 18.4. The lowest BCUT2D eigenvalue weighted by Crippen LogP contribution is -2.58. The van der Waals surface area contributed by atoms with Crippen LogP contribution in [0.3, 0.4) is 0 Å². The first kappa shape index (κ1) is 21.9. The second-order valence-corrected chi connectivity index (χ2v) is 9.55. The van der Waals surface area contributed by atoms with Gasteiger partial charge in [-0.3, -0.25) is 0 Å². The Hall–Kier alpha value is -1.81. The van der Waals surface area contributed by atoms with Gasteiger partial charge in [0.25, 0.3) is 0 Å². The molecule has 0 saturated heterocycles. The molecule has 0 spiro atoms. The standard InChI is InChI=1S/C25H36O4/c1-6-17(2)23(27)29-22-11-13-24(4)20(9-8-19-12-14-28-15-19)18(3)7-10-21(24)25(22,5)16-26/h6,12,14-15,20-22,26H,3,7-11,13,16H2,1-2,4-5H3/t20-,21+,22-,24+,25-/m1/s1. The van der Waals surface area contributed by atoms with E-state index in [2.05, 4.69) is 20.4 Å². The lowest BCUT2D eigenvalue weighted by atomic mass is 9.46. The van der Waals surface area contributed by atoms with E-state index in [9.17, 15) is 9.90 Å². The van der Waals surface area contributed by atoms with Gasteiger partial charge in [0.15, 0.2) is 0 Å². The Morgan fingerprint density at radius 2 is 2.17 bits per heavy atom. The molecule has 0 radical (unpaired) electrons. The number of furan rings is 1. The number of hydrogen-bond donors (Lipinski definition) is 1. The Morgan fingerprint density at radius 1 is 1.41 bits per heavy atom. The zero-order chi connectivity index (χ0) is 21.2.